The van der Waals surface area contributed by atoms with Gasteiger partial charge in [-0.2, -0.15) is 0 Å². The van der Waals surface area contributed by atoms with E-state index in [0.29, 0.717) is 5.75 Å². The second-order valence-electron chi connectivity index (χ2n) is 5.03. The van der Waals surface area contributed by atoms with Gasteiger partial charge in [-0.05, 0) is 37.6 Å². The van der Waals surface area contributed by atoms with E-state index in [2.05, 4.69) is 54.2 Å². The normalized spacial score (nSPS) is 18.8. The summed E-state index contributed by atoms with van der Waals surface area (Å²) in [7, 11) is 0. The zero-order valence-electron chi connectivity index (χ0n) is 11.7. The third-order valence-electron chi connectivity index (χ3n) is 3.61. The van der Waals surface area contributed by atoms with Crippen molar-refractivity contribution in [2.45, 2.75) is 19.2 Å². The van der Waals surface area contributed by atoms with Crippen molar-refractivity contribution in [3.05, 3.63) is 53.9 Å². The third-order valence-corrected chi connectivity index (χ3v) is 4.87. The molecule has 1 amide bonds. The number of nitrogens with zero attached hydrogens (tertiary/aromatic N) is 2. The Bertz CT molecular complexity index is 635. The van der Waals surface area contributed by atoms with Crippen LogP contribution in [0.2, 0.25) is 0 Å². The number of aromatic nitrogens is 1. The summed E-state index contributed by atoms with van der Waals surface area (Å²) in [6.07, 6.45) is 4.20. The van der Waals surface area contributed by atoms with Gasteiger partial charge in [-0.1, -0.05) is 12.1 Å². The number of hydrogen-bond acceptors (Lipinski definition) is 2. The molecule has 20 heavy (non-hydrogen) atoms. The Morgan fingerprint density at radius 3 is 2.95 bits per heavy atom. The van der Waals surface area contributed by atoms with Crippen LogP contribution in [0.4, 0.5) is 0 Å². The second-order valence-corrected chi connectivity index (χ2v) is 6.10. The molecule has 0 radical (unpaired) electrons. The van der Waals surface area contributed by atoms with E-state index in [1.807, 2.05) is 11.8 Å². The van der Waals surface area contributed by atoms with Crippen molar-refractivity contribution in [3.63, 3.8) is 0 Å². The van der Waals surface area contributed by atoms with Crippen LogP contribution in [0.25, 0.3) is 5.69 Å². The van der Waals surface area contributed by atoms with Crippen LogP contribution < -0.4 is 0 Å². The molecule has 1 unspecified atom stereocenters. The molecule has 1 aromatic heterocycles. The first kappa shape index (κ1) is 13.3. The van der Waals surface area contributed by atoms with E-state index in [4.69, 9.17) is 0 Å². The molecule has 0 spiro atoms. The Morgan fingerprint density at radius 2 is 2.20 bits per heavy atom. The fourth-order valence-electron chi connectivity index (χ4n) is 2.58. The molecule has 1 fully saturated rings. The molecule has 1 atom stereocenters. The topological polar surface area (TPSA) is 25.2 Å². The van der Waals surface area contributed by atoms with E-state index < -0.39 is 0 Å². The van der Waals surface area contributed by atoms with E-state index in [1.54, 1.807) is 11.8 Å². The number of thioether (sulfide) groups is 1. The summed E-state index contributed by atoms with van der Waals surface area (Å²) in [4.78, 5) is 13.8. The van der Waals surface area contributed by atoms with Gasteiger partial charge in [0, 0.05) is 30.2 Å². The molecule has 1 saturated heterocycles. The first-order chi connectivity index (χ1) is 9.69. The van der Waals surface area contributed by atoms with Crippen molar-refractivity contribution < 1.29 is 4.79 Å². The quantitative estimate of drug-likeness (QED) is 0.864. The molecule has 0 aliphatic carbocycles. The molecule has 1 aliphatic rings. The van der Waals surface area contributed by atoms with Gasteiger partial charge in [0.05, 0.1) is 5.75 Å². The summed E-state index contributed by atoms with van der Waals surface area (Å²) in [5, 5.41) is 0.165. The number of hydrogen-bond donors (Lipinski definition) is 0. The van der Waals surface area contributed by atoms with Crippen LogP contribution in [0.15, 0.2) is 42.7 Å². The molecule has 1 aliphatic heterocycles. The fraction of sp³-hybridized carbons (Fsp3) is 0.312. The minimum Gasteiger partial charge on any atom is -0.326 e. The van der Waals surface area contributed by atoms with Gasteiger partial charge in [0.2, 0.25) is 5.91 Å². The highest BCUT2D eigenvalue weighted by Crippen LogP contribution is 2.38. The van der Waals surface area contributed by atoms with E-state index >= 15 is 0 Å². The molecule has 3 nitrogen and oxygen atoms in total. The molecule has 2 heterocycles. The third kappa shape index (κ3) is 2.36. The zero-order chi connectivity index (χ0) is 14.1. The SMILES string of the molecule is CCN1C(=O)CSC1c1ccn(-c2cccc(C)c2)c1. The number of amides is 1. The van der Waals surface area contributed by atoms with Crippen LogP contribution in [0.3, 0.4) is 0 Å². The van der Waals surface area contributed by atoms with Gasteiger partial charge in [-0.3, -0.25) is 4.79 Å². The second kappa shape index (κ2) is 5.37. The lowest BCUT2D eigenvalue weighted by Gasteiger charge is -2.21. The lowest BCUT2D eigenvalue weighted by atomic mass is 10.2. The highest BCUT2D eigenvalue weighted by atomic mass is 32.2. The molecule has 0 bridgehead atoms. The van der Waals surface area contributed by atoms with Gasteiger partial charge in [-0.15, -0.1) is 11.8 Å². The standard InChI is InChI=1S/C16H18N2OS/c1-3-18-15(19)11-20-16(18)13-7-8-17(10-13)14-6-4-5-12(2)9-14/h4-10,16H,3,11H2,1-2H3. The highest BCUT2D eigenvalue weighted by molar-refractivity contribution is 8.00. The number of carbonyl (C=O) groups is 1. The lowest BCUT2D eigenvalue weighted by Crippen LogP contribution is -2.27. The lowest BCUT2D eigenvalue weighted by molar-refractivity contribution is -0.127. The van der Waals surface area contributed by atoms with E-state index in [1.165, 1.54) is 11.1 Å². The summed E-state index contributed by atoms with van der Waals surface area (Å²) in [5.74, 6) is 0.833. The van der Waals surface area contributed by atoms with E-state index in [0.717, 1.165) is 12.2 Å². The Kier molecular flexibility index (Phi) is 3.57. The summed E-state index contributed by atoms with van der Waals surface area (Å²) in [6, 6.07) is 10.5. The van der Waals surface area contributed by atoms with Crippen LogP contribution in [-0.4, -0.2) is 27.7 Å². The van der Waals surface area contributed by atoms with Crippen LogP contribution in [0, 0.1) is 6.92 Å². The smallest absolute Gasteiger partial charge is 0.233 e. The van der Waals surface area contributed by atoms with Crippen LogP contribution in [-0.2, 0) is 4.79 Å². The Balaban J connectivity index is 1.89. The number of benzene rings is 1. The molecule has 3 rings (SSSR count). The predicted molar refractivity (Wildman–Crippen MR) is 83.1 cm³/mol. The van der Waals surface area contributed by atoms with Crippen molar-refractivity contribution in [2.75, 3.05) is 12.3 Å². The van der Waals surface area contributed by atoms with Gasteiger partial charge >= 0.3 is 0 Å². The van der Waals surface area contributed by atoms with Crippen molar-refractivity contribution in [3.8, 4) is 5.69 Å². The average molecular weight is 286 g/mol. The first-order valence-electron chi connectivity index (χ1n) is 6.85. The summed E-state index contributed by atoms with van der Waals surface area (Å²) in [6.45, 7) is 4.90. The Morgan fingerprint density at radius 1 is 1.35 bits per heavy atom. The molecule has 2 aromatic rings. The number of aryl methyl sites for hydroxylation is 1. The Hall–Kier alpha value is -1.68. The fourth-order valence-corrected chi connectivity index (χ4v) is 3.83. The maximum absolute atomic E-state index is 11.8. The summed E-state index contributed by atoms with van der Waals surface area (Å²) in [5.41, 5.74) is 3.61. The van der Waals surface area contributed by atoms with Crippen LogP contribution in [0.1, 0.15) is 23.4 Å². The number of carbonyl (C=O) groups excluding carboxylic acids is 1. The molecule has 0 N–H and O–H groups in total. The largest absolute Gasteiger partial charge is 0.326 e. The predicted octanol–water partition coefficient (Wildman–Crippen LogP) is 3.38. The highest BCUT2D eigenvalue weighted by Gasteiger charge is 2.31. The minimum absolute atomic E-state index is 0.165. The van der Waals surface area contributed by atoms with Crippen molar-refractivity contribution in [1.82, 2.24) is 9.47 Å². The maximum Gasteiger partial charge on any atom is 0.233 e. The van der Waals surface area contributed by atoms with Gasteiger partial charge in [0.25, 0.3) is 0 Å². The molecular formula is C16H18N2OS. The van der Waals surface area contributed by atoms with Crippen molar-refractivity contribution in [2.24, 2.45) is 0 Å². The van der Waals surface area contributed by atoms with Crippen molar-refractivity contribution >= 4 is 17.7 Å². The molecule has 104 valence electrons. The van der Waals surface area contributed by atoms with Gasteiger partial charge in [0.15, 0.2) is 0 Å². The van der Waals surface area contributed by atoms with Crippen LogP contribution in [0.5, 0.6) is 0 Å². The average Bonchev–Trinajstić information content (AvgIpc) is 3.04. The maximum atomic E-state index is 11.8. The van der Waals surface area contributed by atoms with Crippen LogP contribution >= 0.6 is 11.8 Å². The van der Waals surface area contributed by atoms with Crippen molar-refractivity contribution in [1.29, 1.82) is 0 Å². The molecular weight excluding hydrogens is 268 g/mol. The van der Waals surface area contributed by atoms with E-state index in [9.17, 15) is 4.79 Å². The van der Waals surface area contributed by atoms with E-state index in [-0.39, 0.29) is 11.3 Å². The number of rotatable bonds is 3. The Labute approximate surface area is 123 Å². The molecule has 1 aromatic carbocycles. The summed E-state index contributed by atoms with van der Waals surface area (Å²) < 4.78 is 2.12. The monoisotopic (exact) mass is 286 g/mol. The minimum atomic E-state index is 0.165. The molecule has 4 heteroatoms. The first-order valence-corrected chi connectivity index (χ1v) is 7.90. The van der Waals surface area contributed by atoms with Gasteiger partial charge in [0.1, 0.15) is 5.37 Å². The summed E-state index contributed by atoms with van der Waals surface area (Å²) >= 11 is 1.71. The molecule has 0 saturated carbocycles. The van der Waals surface area contributed by atoms with Gasteiger partial charge < -0.3 is 9.47 Å². The van der Waals surface area contributed by atoms with Gasteiger partial charge in [-0.25, -0.2) is 0 Å². The zero-order valence-corrected chi connectivity index (χ0v) is 12.6.